The van der Waals surface area contributed by atoms with Gasteiger partial charge in [-0.25, -0.2) is 9.18 Å². The van der Waals surface area contributed by atoms with Crippen LogP contribution in [0, 0.1) is 5.82 Å². The fourth-order valence-electron chi connectivity index (χ4n) is 1.78. The maximum atomic E-state index is 13.4. The van der Waals surface area contributed by atoms with E-state index in [0.717, 1.165) is 11.1 Å². The molecule has 2 rings (SSSR count). The zero-order valence-electron chi connectivity index (χ0n) is 10.0. The Morgan fingerprint density at radius 3 is 2.50 bits per heavy atom. The lowest BCUT2D eigenvalue weighted by Gasteiger charge is -2.05. The Morgan fingerprint density at radius 2 is 1.83 bits per heavy atom. The zero-order valence-corrected chi connectivity index (χ0v) is 10.0. The summed E-state index contributed by atoms with van der Waals surface area (Å²) in [7, 11) is 1.24. The molecule has 3 heteroatoms. The number of benzene rings is 2. The third kappa shape index (κ3) is 2.74. The highest BCUT2D eigenvalue weighted by molar-refractivity contribution is 5.89. The molecule has 0 aromatic heterocycles. The number of carbonyl (C=O) groups excluding carboxylic acids is 1. The van der Waals surface area contributed by atoms with Crippen LogP contribution in [0.25, 0.3) is 0 Å². The van der Waals surface area contributed by atoms with Gasteiger partial charge < -0.3 is 4.74 Å². The minimum absolute atomic E-state index is 0.0223. The molecule has 0 heterocycles. The molecule has 0 saturated heterocycles. The van der Waals surface area contributed by atoms with Gasteiger partial charge in [0, 0.05) is 0 Å². The second-order valence-corrected chi connectivity index (χ2v) is 3.97. The van der Waals surface area contributed by atoms with Crippen molar-refractivity contribution in [3.05, 3.63) is 71.0 Å². The van der Waals surface area contributed by atoms with Gasteiger partial charge in [-0.15, -0.1) is 0 Å². The van der Waals surface area contributed by atoms with Crippen molar-refractivity contribution in [2.75, 3.05) is 7.11 Å². The standard InChI is InChI=1S/C15H13FO2/c1-18-15(17)13-10-12(7-8-14(13)16)9-11-5-3-2-4-6-11/h2-8,10H,9H2,1H3. The molecular formula is C15H13FO2. The van der Waals surface area contributed by atoms with Crippen LogP contribution >= 0.6 is 0 Å². The molecule has 0 aliphatic heterocycles. The van der Waals surface area contributed by atoms with Crippen molar-refractivity contribution < 1.29 is 13.9 Å². The van der Waals surface area contributed by atoms with Crippen molar-refractivity contribution >= 4 is 5.97 Å². The summed E-state index contributed by atoms with van der Waals surface area (Å²) in [4.78, 5) is 11.4. The van der Waals surface area contributed by atoms with E-state index in [4.69, 9.17) is 0 Å². The SMILES string of the molecule is COC(=O)c1cc(Cc2ccccc2)ccc1F. The Kier molecular flexibility index (Phi) is 3.72. The van der Waals surface area contributed by atoms with Crippen molar-refractivity contribution in [1.82, 2.24) is 0 Å². The largest absolute Gasteiger partial charge is 0.465 e. The smallest absolute Gasteiger partial charge is 0.340 e. The maximum Gasteiger partial charge on any atom is 0.340 e. The van der Waals surface area contributed by atoms with E-state index in [1.165, 1.54) is 19.2 Å². The second kappa shape index (κ2) is 5.45. The van der Waals surface area contributed by atoms with E-state index in [1.807, 2.05) is 30.3 Å². The quantitative estimate of drug-likeness (QED) is 0.775. The predicted octanol–water partition coefficient (Wildman–Crippen LogP) is 3.20. The summed E-state index contributed by atoms with van der Waals surface area (Å²) in [5.74, 6) is -1.21. The van der Waals surface area contributed by atoms with Crippen molar-refractivity contribution in [2.45, 2.75) is 6.42 Å². The van der Waals surface area contributed by atoms with Gasteiger partial charge in [0.05, 0.1) is 12.7 Å². The Labute approximate surface area is 105 Å². The van der Waals surface area contributed by atoms with Crippen molar-refractivity contribution in [3.63, 3.8) is 0 Å². The van der Waals surface area contributed by atoms with Gasteiger partial charge in [0.1, 0.15) is 5.82 Å². The fourth-order valence-corrected chi connectivity index (χ4v) is 1.78. The molecule has 92 valence electrons. The number of rotatable bonds is 3. The maximum absolute atomic E-state index is 13.4. The third-order valence-corrected chi connectivity index (χ3v) is 2.69. The van der Waals surface area contributed by atoms with Gasteiger partial charge in [0.25, 0.3) is 0 Å². The van der Waals surface area contributed by atoms with Crippen LogP contribution in [0.5, 0.6) is 0 Å². The van der Waals surface area contributed by atoms with Gasteiger partial charge in [-0.05, 0) is 29.7 Å². The molecule has 0 saturated carbocycles. The number of ether oxygens (including phenoxy) is 1. The molecule has 0 unspecified atom stereocenters. The summed E-state index contributed by atoms with van der Waals surface area (Å²) in [6.07, 6.45) is 0.658. The van der Waals surface area contributed by atoms with Crippen LogP contribution in [0.3, 0.4) is 0 Å². The Morgan fingerprint density at radius 1 is 1.11 bits per heavy atom. The Hall–Kier alpha value is -2.16. The summed E-state index contributed by atoms with van der Waals surface area (Å²) in [5.41, 5.74) is 1.97. The number of halogens is 1. The first-order valence-electron chi connectivity index (χ1n) is 5.61. The molecule has 0 bridgehead atoms. The molecule has 0 aliphatic rings. The van der Waals surface area contributed by atoms with Crippen LogP contribution in [-0.2, 0) is 11.2 Å². The van der Waals surface area contributed by atoms with E-state index < -0.39 is 11.8 Å². The molecule has 18 heavy (non-hydrogen) atoms. The molecule has 2 aromatic carbocycles. The molecule has 0 N–H and O–H groups in total. The summed E-state index contributed by atoms with van der Waals surface area (Å²) in [5, 5.41) is 0. The molecule has 2 nitrogen and oxygen atoms in total. The lowest BCUT2D eigenvalue weighted by atomic mass is 10.0. The number of esters is 1. The molecule has 0 radical (unpaired) electrons. The van der Waals surface area contributed by atoms with E-state index in [2.05, 4.69) is 4.74 Å². The normalized spacial score (nSPS) is 10.1. The highest BCUT2D eigenvalue weighted by Crippen LogP contribution is 2.15. The zero-order chi connectivity index (χ0) is 13.0. The fraction of sp³-hybridized carbons (Fsp3) is 0.133. The molecular weight excluding hydrogens is 231 g/mol. The van der Waals surface area contributed by atoms with Crippen molar-refractivity contribution in [2.24, 2.45) is 0 Å². The van der Waals surface area contributed by atoms with E-state index >= 15 is 0 Å². The minimum atomic E-state index is -0.651. The first-order chi connectivity index (χ1) is 8.70. The van der Waals surface area contributed by atoms with Gasteiger partial charge in [-0.3, -0.25) is 0 Å². The number of hydrogen-bond acceptors (Lipinski definition) is 2. The molecule has 0 spiro atoms. The Bertz CT molecular complexity index is 550. The van der Waals surface area contributed by atoms with E-state index in [-0.39, 0.29) is 5.56 Å². The summed E-state index contributed by atoms with van der Waals surface area (Å²) in [6, 6.07) is 14.3. The van der Waals surface area contributed by atoms with Gasteiger partial charge in [-0.2, -0.15) is 0 Å². The molecule has 0 atom stereocenters. The van der Waals surface area contributed by atoms with Gasteiger partial charge in [-0.1, -0.05) is 36.4 Å². The Balaban J connectivity index is 2.27. The van der Waals surface area contributed by atoms with Gasteiger partial charge >= 0.3 is 5.97 Å². The average molecular weight is 244 g/mol. The second-order valence-electron chi connectivity index (χ2n) is 3.97. The highest BCUT2D eigenvalue weighted by Gasteiger charge is 2.12. The van der Waals surface area contributed by atoms with Crippen LogP contribution in [0.4, 0.5) is 4.39 Å². The van der Waals surface area contributed by atoms with Crippen LogP contribution in [0.1, 0.15) is 21.5 Å². The average Bonchev–Trinajstić information content (AvgIpc) is 2.41. The molecule has 0 amide bonds. The molecule has 0 fully saturated rings. The summed E-state index contributed by atoms with van der Waals surface area (Å²) >= 11 is 0. The van der Waals surface area contributed by atoms with Crippen molar-refractivity contribution in [3.8, 4) is 0 Å². The van der Waals surface area contributed by atoms with Gasteiger partial charge in [0.15, 0.2) is 0 Å². The third-order valence-electron chi connectivity index (χ3n) is 2.69. The lowest BCUT2D eigenvalue weighted by Crippen LogP contribution is -2.05. The first-order valence-corrected chi connectivity index (χ1v) is 5.61. The number of hydrogen-bond donors (Lipinski definition) is 0. The first kappa shape index (κ1) is 12.3. The van der Waals surface area contributed by atoms with Gasteiger partial charge in [0.2, 0.25) is 0 Å². The number of methoxy groups -OCH3 is 1. The van der Waals surface area contributed by atoms with E-state index in [1.54, 1.807) is 6.07 Å². The highest BCUT2D eigenvalue weighted by atomic mass is 19.1. The van der Waals surface area contributed by atoms with E-state index in [9.17, 15) is 9.18 Å². The minimum Gasteiger partial charge on any atom is -0.465 e. The summed E-state index contributed by atoms with van der Waals surface area (Å²) < 4.78 is 18.0. The summed E-state index contributed by atoms with van der Waals surface area (Å²) in [6.45, 7) is 0. The predicted molar refractivity (Wildman–Crippen MR) is 67.0 cm³/mol. The van der Waals surface area contributed by atoms with Crippen LogP contribution < -0.4 is 0 Å². The monoisotopic (exact) mass is 244 g/mol. The van der Waals surface area contributed by atoms with Crippen LogP contribution in [-0.4, -0.2) is 13.1 Å². The number of carbonyl (C=O) groups is 1. The lowest BCUT2D eigenvalue weighted by molar-refractivity contribution is 0.0595. The van der Waals surface area contributed by atoms with Crippen molar-refractivity contribution in [1.29, 1.82) is 0 Å². The topological polar surface area (TPSA) is 26.3 Å². The van der Waals surface area contributed by atoms with Crippen LogP contribution in [0.15, 0.2) is 48.5 Å². The molecule has 2 aromatic rings. The van der Waals surface area contributed by atoms with E-state index in [0.29, 0.717) is 6.42 Å². The molecule has 0 aliphatic carbocycles. The van der Waals surface area contributed by atoms with Crippen LogP contribution in [0.2, 0.25) is 0 Å².